The molecule has 0 radical (unpaired) electrons. The zero-order chi connectivity index (χ0) is 25.2. The van der Waals surface area contributed by atoms with E-state index < -0.39 is 21.7 Å². The number of halogens is 1. The predicted octanol–water partition coefficient (Wildman–Crippen LogP) is 4.52. The van der Waals surface area contributed by atoms with Gasteiger partial charge in [0, 0.05) is 58.3 Å². The third-order valence-electron chi connectivity index (χ3n) is 5.42. The van der Waals surface area contributed by atoms with Crippen LogP contribution in [0.25, 0.3) is 10.9 Å². The van der Waals surface area contributed by atoms with Gasteiger partial charge in [-0.05, 0) is 43.7 Å². The Hall–Kier alpha value is -2.92. The highest BCUT2D eigenvalue weighted by Gasteiger charge is 2.25. The second-order valence-corrected chi connectivity index (χ2v) is 12.4. The van der Waals surface area contributed by atoms with Crippen LogP contribution in [-0.2, 0) is 14.5 Å². The molecule has 8 nitrogen and oxygen atoms in total. The molecule has 4 rings (SSSR count). The lowest BCUT2D eigenvalue weighted by atomic mass is 10.1. The van der Waals surface area contributed by atoms with Crippen molar-refractivity contribution in [2.75, 3.05) is 42.4 Å². The van der Waals surface area contributed by atoms with E-state index in [-0.39, 0.29) is 11.7 Å². The normalized spacial score (nSPS) is 15.1. The molecule has 186 valence electrons. The van der Waals surface area contributed by atoms with Crippen LogP contribution in [0, 0.1) is 12.7 Å². The quantitative estimate of drug-likeness (QED) is 0.513. The van der Waals surface area contributed by atoms with Crippen molar-refractivity contribution >= 4 is 55.5 Å². The van der Waals surface area contributed by atoms with Crippen LogP contribution in [-0.4, -0.2) is 68.2 Å². The van der Waals surface area contributed by atoms with E-state index in [0.29, 0.717) is 35.8 Å². The molecule has 1 atom stereocenters. The summed E-state index contributed by atoms with van der Waals surface area (Å²) in [6.45, 7) is 4.92. The minimum atomic E-state index is -2.33. The lowest BCUT2D eigenvalue weighted by molar-refractivity contribution is -0.137. The molecule has 1 N–H and O–H groups in total. The number of fused-ring (bicyclic) bond motifs is 1. The van der Waals surface area contributed by atoms with Crippen LogP contribution in [0.1, 0.15) is 12.5 Å². The fourth-order valence-electron chi connectivity index (χ4n) is 3.88. The highest BCUT2D eigenvalue weighted by atomic mass is 32.2. The van der Waals surface area contributed by atoms with Gasteiger partial charge in [0.25, 0.3) is 5.91 Å². The Bertz CT molecular complexity index is 1380. The third kappa shape index (κ3) is 6.21. The first-order valence-corrected chi connectivity index (χ1v) is 14.6. The van der Waals surface area contributed by atoms with E-state index in [1.807, 2.05) is 24.8 Å². The zero-order valence-electron chi connectivity index (χ0n) is 20.1. The van der Waals surface area contributed by atoms with Gasteiger partial charge < -0.3 is 15.0 Å². The Morgan fingerprint density at radius 1 is 1.23 bits per heavy atom. The maximum atomic E-state index is 14.1. The predicted molar refractivity (Wildman–Crippen MR) is 140 cm³/mol. The summed E-state index contributed by atoms with van der Waals surface area (Å²) in [5.74, 6) is 1.91. The standard InChI is InChI=1S/C24H28FN5O3S2/c1-15-11-18(29-35(3,4)32)13-20-22(15)23(27-14-26-20)28-19-6-5-17(25)12-21(19)33-16(2)24(31)30-7-9-34-10-8-30/h5-6,11-14,16H,7-10H2,1-4H3,(H,26,27,28)/t16-/m1/s1. The number of carbonyl (C=O) groups is 1. The summed E-state index contributed by atoms with van der Waals surface area (Å²) in [6, 6.07) is 7.70. The Kier molecular flexibility index (Phi) is 7.46. The monoisotopic (exact) mass is 517 g/mol. The van der Waals surface area contributed by atoms with Gasteiger partial charge in [0.1, 0.15) is 23.7 Å². The summed E-state index contributed by atoms with van der Waals surface area (Å²) in [6.07, 6.45) is 3.79. The molecule has 35 heavy (non-hydrogen) atoms. The second kappa shape index (κ2) is 10.4. The topological polar surface area (TPSA) is 96.8 Å². The van der Waals surface area contributed by atoms with Crippen molar-refractivity contribution in [3.8, 4) is 5.75 Å². The Morgan fingerprint density at radius 2 is 1.97 bits per heavy atom. The number of aryl methyl sites for hydroxylation is 1. The summed E-state index contributed by atoms with van der Waals surface area (Å²) in [5.41, 5.74) is 2.51. The second-order valence-electron chi connectivity index (χ2n) is 8.61. The van der Waals surface area contributed by atoms with E-state index >= 15 is 0 Å². The lowest BCUT2D eigenvalue weighted by Crippen LogP contribution is -2.44. The van der Waals surface area contributed by atoms with Crippen LogP contribution in [0.5, 0.6) is 5.75 Å². The number of hydrogen-bond acceptors (Lipinski definition) is 8. The molecular weight excluding hydrogens is 489 g/mol. The molecular formula is C24H28FN5O3S2. The first kappa shape index (κ1) is 25.2. The number of amides is 1. The maximum absolute atomic E-state index is 14.1. The van der Waals surface area contributed by atoms with Crippen molar-refractivity contribution in [3.63, 3.8) is 0 Å². The highest BCUT2D eigenvalue weighted by molar-refractivity contribution is 7.99. The van der Waals surface area contributed by atoms with Crippen molar-refractivity contribution in [2.45, 2.75) is 20.0 Å². The first-order valence-electron chi connectivity index (χ1n) is 11.1. The molecule has 1 saturated heterocycles. The van der Waals surface area contributed by atoms with Gasteiger partial charge in [0.15, 0.2) is 6.10 Å². The van der Waals surface area contributed by atoms with Gasteiger partial charge in [-0.1, -0.05) is 0 Å². The third-order valence-corrected chi connectivity index (χ3v) is 7.01. The smallest absolute Gasteiger partial charge is 0.263 e. The highest BCUT2D eigenvalue weighted by Crippen LogP contribution is 2.34. The number of nitrogens with zero attached hydrogens (tertiary/aromatic N) is 4. The maximum Gasteiger partial charge on any atom is 0.263 e. The molecule has 2 heterocycles. The van der Waals surface area contributed by atoms with E-state index in [1.54, 1.807) is 36.5 Å². The molecule has 0 spiro atoms. The summed E-state index contributed by atoms with van der Waals surface area (Å²) >= 11 is 1.82. The van der Waals surface area contributed by atoms with Crippen LogP contribution in [0.4, 0.5) is 21.6 Å². The van der Waals surface area contributed by atoms with Gasteiger partial charge >= 0.3 is 0 Å². The number of aromatic nitrogens is 2. The van der Waals surface area contributed by atoms with Crippen LogP contribution in [0.3, 0.4) is 0 Å². The van der Waals surface area contributed by atoms with Crippen LogP contribution in [0.15, 0.2) is 41.0 Å². The Labute approximate surface area is 208 Å². The van der Waals surface area contributed by atoms with E-state index in [0.717, 1.165) is 22.5 Å². The lowest BCUT2D eigenvalue weighted by Gasteiger charge is -2.29. The SMILES string of the molecule is Cc1cc(N=S(C)(C)=O)cc2ncnc(Nc3ccc(F)cc3O[C@H](C)C(=O)N3CCSCC3)c12. The number of anilines is 2. The van der Waals surface area contributed by atoms with Gasteiger partial charge in [0.05, 0.1) is 16.9 Å². The van der Waals surface area contributed by atoms with Crippen LogP contribution in [0.2, 0.25) is 0 Å². The molecule has 0 bridgehead atoms. The number of rotatable bonds is 6. The fraction of sp³-hybridized carbons (Fsp3) is 0.375. The first-order chi connectivity index (χ1) is 16.6. The zero-order valence-corrected chi connectivity index (χ0v) is 21.7. The largest absolute Gasteiger partial charge is 0.479 e. The molecule has 0 unspecified atom stereocenters. The van der Waals surface area contributed by atoms with E-state index in [4.69, 9.17) is 4.74 Å². The number of nitrogens with one attached hydrogen (secondary N) is 1. The molecule has 1 aromatic heterocycles. The van der Waals surface area contributed by atoms with Gasteiger partial charge in [-0.2, -0.15) is 16.1 Å². The average molecular weight is 518 g/mol. The van der Waals surface area contributed by atoms with E-state index in [2.05, 4.69) is 19.6 Å². The average Bonchev–Trinajstić information content (AvgIpc) is 2.79. The molecule has 11 heteroatoms. The number of thioether (sulfide) groups is 1. The summed E-state index contributed by atoms with van der Waals surface area (Å²) in [7, 11) is -2.33. The molecule has 2 aromatic carbocycles. The van der Waals surface area contributed by atoms with Gasteiger partial charge in [-0.3, -0.25) is 4.79 Å². The molecule has 1 fully saturated rings. The minimum Gasteiger partial charge on any atom is -0.479 e. The number of benzene rings is 2. The van der Waals surface area contributed by atoms with Crippen molar-refractivity contribution in [1.82, 2.24) is 14.9 Å². The molecule has 0 aliphatic carbocycles. The van der Waals surface area contributed by atoms with Crippen LogP contribution < -0.4 is 10.1 Å². The molecule has 1 aliphatic rings. The van der Waals surface area contributed by atoms with Crippen molar-refractivity contribution in [2.24, 2.45) is 4.36 Å². The molecule has 1 aliphatic heterocycles. The van der Waals surface area contributed by atoms with Gasteiger partial charge in [0.2, 0.25) is 0 Å². The van der Waals surface area contributed by atoms with Crippen LogP contribution >= 0.6 is 11.8 Å². The number of carbonyl (C=O) groups excluding carboxylic acids is 1. The van der Waals surface area contributed by atoms with Crippen molar-refractivity contribution in [3.05, 3.63) is 48.0 Å². The minimum absolute atomic E-state index is 0.122. The molecule has 3 aromatic rings. The molecule has 0 saturated carbocycles. The van der Waals surface area contributed by atoms with Crippen molar-refractivity contribution in [1.29, 1.82) is 0 Å². The van der Waals surface area contributed by atoms with Crippen molar-refractivity contribution < 1.29 is 18.1 Å². The summed E-state index contributed by atoms with van der Waals surface area (Å²) < 4.78 is 36.5. The Morgan fingerprint density at radius 3 is 2.69 bits per heavy atom. The van der Waals surface area contributed by atoms with E-state index in [9.17, 15) is 13.4 Å². The Balaban J connectivity index is 1.65. The van der Waals surface area contributed by atoms with Gasteiger partial charge in [-0.25, -0.2) is 18.6 Å². The number of ether oxygens (including phenoxy) is 1. The molecule has 1 amide bonds. The van der Waals surface area contributed by atoms with Gasteiger partial charge in [-0.15, -0.1) is 0 Å². The van der Waals surface area contributed by atoms with E-state index in [1.165, 1.54) is 18.5 Å². The number of hydrogen-bond donors (Lipinski definition) is 1. The fourth-order valence-corrected chi connectivity index (χ4v) is 5.40. The summed E-state index contributed by atoms with van der Waals surface area (Å²) in [5, 5.41) is 3.96. The summed E-state index contributed by atoms with van der Waals surface area (Å²) in [4.78, 5) is 23.3.